The number of benzene rings is 2. The monoisotopic (exact) mass is 396 g/mol. The lowest BCUT2D eigenvalue weighted by Gasteiger charge is -2.17. The number of aromatic carboxylic acids is 1. The summed E-state index contributed by atoms with van der Waals surface area (Å²) < 4.78 is 5.25. The van der Waals surface area contributed by atoms with Crippen LogP contribution in [0.15, 0.2) is 48.5 Å². The van der Waals surface area contributed by atoms with Crippen LogP contribution in [0.1, 0.15) is 27.9 Å². The summed E-state index contributed by atoms with van der Waals surface area (Å²) in [6.07, 6.45) is 0.721. The van der Waals surface area contributed by atoms with E-state index in [0.717, 1.165) is 11.1 Å². The second-order valence-electron chi connectivity index (χ2n) is 7.03. The third-order valence-corrected chi connectivity index (χ3v) is 5.03. The van der Waals surface area contributed by atoms with Crippen molar-refractivity contribution in [1.29, 1.82) is 0 Å². The molecule has 2 aromatic rings. The molecule has 7 heteroatoms. The summed E-state index contributed by atoms with van der Waals surface area (Å²) in [5.41, 5.74) is 2.00. The number of ether oxygens (including phenoxy) is 1. The Kier molecular flexibility index (Phi) is 6.49. The van der Waals surface area contributed by atoms with Crippen LogP contribution in [0.4, 0.5) is 0 Å². The molecule has 1 aliphatic heterocycles. The van der Waals surface area contributed by atoms with Crippen molar-refractivity contribution in [2.45, 2.75) is 19.4 Å². The summed E-state index contributed by atoms with van der Waals surface area (Å²) in [6.45, 7) is 1.30. The van der Waals surface area contributed by atoms with Crippen LogP contribution in [0, 0.1) is 5.92 Å². The van der Waals surface area contributed by atoms with E-state index in [1.807, 2.05) is 30.3 Å². The Bertz CT molecular complexity index is 897. The molecule has 1 aliphatic rings. The Morgan fingerprint density at radius 1 is 1.21 bits per heavy atom. The number of nitrogens with one attached hydrogen (secondary N) is 1. The molecule has 1 atom stereocenters. The lowest BCUT2D eigenvalue weighted by Crippen LogP contribution is -2.34. The first kappa shape index (κ1) is 20.4. The van der Waals surface area contributed by atoms with Gasteiger partial charge in [0.05, 0.1) is 18.6 Å². The predicted octanol–water partition coefficient (Wildman–Crippen LogP) is 2.10. The first-order valence-electron chi connectivity index (χ1n) is 9.47. The lowest BCUT2D eigenvalue weighted by molar-refractivity contribution is -0.129. The van der Waals surface area contributed by atoms with Crippen molar-refractivity contribution in [2.75, 3.05) is 20.2 Å². The standard InChI is InChI=1S/C22H24N2O5/c1-29-19-11-17(22(27)28)8-7-16(19)9-10-23-21(26)18-12-20(25)24(14-18)13-15-5-3-2-4-6-15/h2-8,11,18H,9-10,12-14H2,1H3,(H,23,26)(H,27,28). The summed E-state index contributed by atoms with van der Waals surface area (Å²) in [5.74, 6) is -1.06. The summed E-state index contributed by atoms with van der Waals surface area (Å²) >= 11 is 0. The summed E-state index contributed by atoms with van der Waals surface area (Å²) in [7, 11) is 1.48. The Hall–Kier alpha value is -3.35. The van der Waals surface area contributed by atoms with Crippen LogP contribution < -0.4 is 10.1 Å². The molecule has 0 bridgehead atoms. The Morgan fingerprint density at radius 2 is 1.97 bits per heavy atom. The van der Waals surface area contributed by atoms with E-state index in [4.69, 9.17) is 9.84 Å². The molecular weight excluding hydrogens is 372 g/mol. The molecule has 1 fully saturated rings. The highest BCUT2D eigenvalue weighted by Crippen LogP contribution is 2.22. The average molecular weight is 396 g/mol. The van der Waals surface area contributed by atoms with E-state index in [-0.39, 0.29) is 29.7 Å². The quantitative estimate of drug-likeness (QED) is 0.712. The molecule has 152 valence electrons. The van der Waals surface area contributed by atoms with Gasteiger partial charge in [-0.05, 0) is 29.7 Å². The molecule has 0 saturated carbocycles. The van der Waals surface area contributed by atoms with E-state index in [2.05, 4.69) is 5.32 Å². The van der Waals surface area contributed by atoms with Crippen molar-refractivity contribution in [3.05, 3.63) is 65.2 Å². The zero-order chi connectivity index (χ0) is 20.8. The van der Waals surface area contributed by atoms with E-state index < -0.39 is 5.97 Å². The molecular formula is C22H24N2O5. The van der Waals surface area contributed by atoms with Gasteiger partial charge in [-0.25, -0.2) is 4.79 Å². The van der Waals surface area contributed by atoms with Crippen molar-refractivity contribution in [3.63, 3.8) is 0 Å². The number of rotatable bonds is 8. The van der Waals surface area contributed by atoms with E-state index in [1.54, 1.807) is 11.0 Å². The largest absolute Gasteiger partial charge is 0.496 e. The number of likely N-dealkylation sites (tertiary alicyclic amines) is 1. The van der Waals surface area contributed by atoms with Crippen LogP contribution in [-0.2, 0) is 22.6 Å². The van der Waals surface area contributed by atoms with Gasteiger partial charge in [-0.2, -0.15) is 0 Å². The van der Waals surface area contributed by atoms with E-state index in [9.17, 15) is 14.4 Å². The molecule has 7 nitrogen and oxygen atoms in total. The highest BCUT2D eigenvalue weighted by atomic mass is 16.5. The fourth-order valence-corrected chi connectivity index (χ4v) is 3.45. The molecule has 0 aromatic heterocycles. The molecule has 29 heavy (non-hydrogen) atoms. The lowest BCUT2D eigenvalue weighted by atomic mass is 10.1. The van der Waals surface area contributed by atoms with Gasteiger partial charge < -0.3 is 20.1 Å². The molecule has 3 rings (SSSR count). The number of methoxy groups -OCH3 is 1. The number of hydrogen-bond acceptors (Lipinski definition) is 4. The minimum Gasteiger partial charge on any atom is -0.496 e. The number of amides is 2. The van der Waals surface area contributed by atoms with Crippen molar-refractivity contribution in [2.24, 2.45) is 5.92 Å². The number of hydrogen-bond donors (Lipinski definition) is 2. The minimum atomic E-state index is -1.02. The van der Waals surface area contributed by atoms with Crippen LogP contribution in [0.3, 0.4) is 0 Å². The molecule has 1 unspecified atom stereocenters. The van der Waals surface area contributed by atoms with E-state index >= 15 is 0 Å². The molecule has 2 N–H and O–H groups in total. The van der Waals surface area contributed by atoms with Crippen LogP contribution >= 0.6 is 0 Å². The molecule has 0 radical (unpaired) electrons. The number of carboxylic acid groups (broad SMARTS) is 1. The van der Waals surface area contributed by atoms with Gasteiger partial charge in [0.15, 0.2) is 0 Å². The average Bonchev–Trinajstić information content (AvgIpc) is 3.09. The zero-order valence-electron chi connectivity index (χ0n) is 16.3. The fourth-order valence-electron chi connectivity index (χ4n) is 3.45. The van der Waals surface area contributed by atoms with Gasteiger partial charge in [-0.15, -0.1) is 0 Å². The smallest absolute Gasteiger partial charge is 0.335 e. The number of carbonyl (C=O) groups is 3. The van der Waals surface area contributed by atoms with Crippen LogP contribution in [0.5, 0.6) is 5.75 Å². The summed E-state index contributed by atoms with van der Waals surface area (Å²) in [5, 5.41) is 11.9. The van der Waals surface area contributed by atoms with Gasteiger partial charge in [0.1, 0.15) is 5.75 Å². The Labute approximate surface area is 169 Å². The molecule has 2 aromatic carbocycles. The van der Waals surface area contributed by atoms with Crippen molar-refractivity contribution < 1.29 is 24.2 Å². The fraction of sp³-hybridized carbons (Fsp3) is 0.318. The van der Waals surface area contributed by atoms with Gasteiger partial charge in [0.2, 0.25) is 11.8 Å². The maximum absolute atomic E-state index is 12.5. The van der Waals surface area contributed by atoms with Crippen molar-refractivity contribution >= 4 is 17.8 Å². The summed E-state index contributed by atoms with van der Waals surface area (Å²) in [4.78, 5) is 37.5. The van der Waals surface area contributed by atoms with Gasteiger partial charge in [0.25, 0.3) is 0 Å². The maximum atomic E-state index is 12.5. The van der Waals surface area contributed by atoms with Gasteiger partial charge >= 0.3 is 5.97 Å². The Balaban J connectivity index is 1.51. The summed E-state index contributed by atoms with van der Waals surface area (Å²) in [6, 6.07) is 14.4. The van der Waals surface area contributed by atoms with E-state index in [0.29, 0.717) is 31.8 Å². The molecule has 1 heterocycles. The second kappa shape index (κ2) is 9.23. The number of carboxylic acids is 1. The first-order chi connectivity index (χ1) is 14.0. The normalized spacial score (nSPS) is 16.0. The first-order valence-corrected chi connectivity index (χ1v) is 9.47. The number of carbonyl (C=O) groups excluding carboxylic acids is 2. The van der Waals surface area contributed by atoms with Crippen molar-refractivity contribution in [1.82, 2.24) is 10.2 Å². The van der Waals surface area contributed by atoms with E-state index in [1.165, 1.54) is 19.2 Å². The highest BCUT2D eigenvalue weighted by molar-refractivity contribution is 5.89. The van der Waals surface area contributed by atoms with Crippen molar-refractivity contribution in [3.8, 4) is 5.75 Å². The second-order valence-corrected chi connectivity index (χ2v) is 7.03. The molecule has 0 aliphatic carbocycles. The SMILES string of the molecule is COc1cc(C(=O)O)ccc1CCNC(=O)C1CC(=O)N(Cc2ccccc2)C1. The van der Waals surface area contributed by atoms with Crippen LogP contribution in [-0.4, -0.2) is 48.0 Å². The third kappa shape index (κ3) is 5.13. The topological polar surface area (TPSA) is 95.9 Å². The van der Waals surface area contributed by atoms with Crippen LogP contribution in [0.25, 0.3) is 0 Å². The number of nitrogens with zero attached hydrogens (tertiary/aromatic N) is 1. The van der Waals surface area contributed by atoms with Crippen LogP contribution in [0.2, 0.25) is 0 Å². The predicted molar refractivity (Wildman–Crippen MR) is 107 cm³/mol. The van der Waals surface area contributed by atoms with Gasteiger partial charge in [-0.3, -0.25) is 9.59 Å². The van der Waals surface area contributed by atoms with Gasteiger partial charge in [0, 0.05) is 26.1 Å². The maximum Gasteiger partial charge on any atom is 0.335 e. The molecule has 0 spiro atoms. The zero-order valence-corrected chi connectivity index (χ0v) is 16.3. The third-order valence-electron chi connectivity index (χ3n) is 5.03. The highest BCUT2D eigenvalue weighted by Gasteiger charge is 2.34. The molecule has 2 amide bonds. The van der Waals surface area contributed by atoms with Gasteiger partial charge in [-0.1, -0.05) is 36.4 Å². The Morgan fingerprint density at radius 3 is 2.66 bits per heavy atom. The molecule has 1 saturated heterocycles. The minimum absolute atomic E-state index is 0.0140.